The number of pyridine rings is 1. The van der Waals surface area contributed by atoms with Gasteiger partial charge in [-0.05, 0) is 31.0 Å². The van der Waals surface area contributed by atoms with Gasteiger partial charge in [0.25, 0.3) is 0 Å². The normalized spacial score (nSPS) is 16.1. The van der Waals surface area contributed by atoms with E-state index in [0.717, 1.165) is 31.6 Å². The second-order valence-electron chi connectivity index (χ2n) is 4.95. The van der Waals surface area contributed by atoms with Crippen molar-refractivity contribution in [2.24, 2.45) is 0 Å². The first kappa shape index (κ1) is 12.5. The molecule has 6 nitrogen and oxygen atoms in total. The number of nitriles is 1. The Labute approximate surface area is 117 Å². The molecule has 6 heteroatoms. The van der Waals surface area contributed by atoms with Gasteiger partial charge in [0.1, 0.15) is 17.6 Å². The molecule has 3 rings (SSSR count). The van der Waals surface area contributed by atoms with E-state index in [1.807, 2.05) is 29.1 Å². The van der Waals surface area contributed by atoms with Crippen LogP contribution in [0.1, 0.15) is 24.6 Å². The standard InChI is InChI=1S/C14H16N6/c15-10-11-9-13(1-5-17-11)19-6-2-12(3-7-19)20-8-4-14(16)18-20/h1,4-5,8-9,12H,2-3,6-7H2,(H2,16,18). The van der Waals surface area contributed by atoms with Crippen molar-refractivity contribution in [3.05, 3.63) is 36.3 Å². The van der Waals surface area contributed by atoms with Crippen LogP contribution in [0.2, 0.25) is 0 Å². The lowest BCUT2D eigenvalue weighted by atomic mass is 10.0. The SMILES string of the molecule is N#Cc1cc(N2CCC(n3ccc(N)n3)CC2)ccn1. The van der Waals surface area contributed by atoms with Gasteiger partial charge >= 0.3 is 0 Å². The Kier molecular flexibility index (Phi) is 3.25. The Morgan fingerprint density at radius 2 is 2.10 bits per heavy atom. The molecule has 1 aliphatic heterocycles. The lowest BCUT2D eigenvalue weighted by Gasteiger charge is -2.33. The molecule has 0 bridgehead atoms. The van der Waals surface area contributed by atoms with Crippen molar-refractivity contribution in [3.8, 4) is 6.07 Å². The number of nitrogens with two attached hydrogens (primary N) is 1. The van der Waals surface area contributed by atoms with E-state index in [0.29, 0.717) is 17.6 Å². The van der Waals surface area contributed by atoms with E-state index in [4.69, 9.17) is 11.0 Å². The molecule has 0 unspecified atom stereocenters. The van der Waals surface area contributed by atoms with Crippen molar-refractivity contribution in [1.29, 1.82) is 5.26 Å². The second-order valence-corrected chi connectivity index (χ2v) is 4.95. The number of piperidine rings is 1. The second kappa shape index (κ2) is 5.21. The third-order valence-corrected chi connectivity index (χ3v) is 3.69. The van der Waals surface area contributed by atoms with Crippen LogP contribution in [0.3, 0.4) is 0 Å². The monoisotopic (exact) mass is 268 g/mol. The number of hydrogen-bond donors (Lipinski definition) is 1. The highest BCUT2D eigenvalue weighted by atomic mass is 15.3. The summed E-state index contributed by atoms with van der Waals surface area (Å²) in [6.07, 6.45) is 5.67. The van der Waals surface area contributed by atoms with Crippen LogP contribution < -0.4 is 10.6 Å². The number of anilines is 2. The molecule has 1 fully saturated rings. The first-order valence-corrected chi connectivity index (χ1v) is 6.68. The lowest BCUT2D eigenvalue weighted by Crippen LogP contribution is -2.34. The molecular weight excluding hydrogens is 252 g/mol. The van der Waals surface area contributed by atoms with Crippen LogP contribution in [0.4, 0.5) is 11.5 Å². The van der Waals surface area contributed by atoms with Crippen LogP contribution in [0.5, 0.6) is 0 Å². The molecule has 1 saturated heterocycles. The van der Waals surface area contributed by atoms with Crippen molar-refractivity contribution in [1.82, 2.24) is 14.8 Å². The number of hydrogen-bond acceptors (Lipinski definition) is 5. The summed E-state index contributed by atoms with van der Waals surface area (Å²) < 4.78 is 1.96. The fourth-order valence-electron chi connectivity index (χ4n) is 2.62. The third kappa shape index (κ3) is 2.43. The summed E-state index contributed by atoms with van der Waals surface area (Å²) in [6.45, 7) is 1.89. The topological polar surface area (TPSA) is 83.8 Å². The Hall–Kier alpha value is -2.55. The maximum atomic E-state index is 8.90. The van der Waals surface area contributed by atoms with Crippen LogP contribution in [0, 0.1) is 11.3 Å². The molecule has 102 valence electrons. The van der Waals surface area contributed by atoms with Crippen molar-refractivity contribution in [2.45, 2.75) is 18.9 Å². The zero-order valence-corrected chi connectivity index (χ0v) is 11.1. The van der Waals surface area contributed by atoms with Gasteiger partial charge in [-0.2, -0.15) is 10.4 Å². The van der Waals surface area contributed by atoms with Gasteiger partial charge < -0.3 is 10.6 Å². The van der Waals surface area contributed by atoms with Gasteiger partial charge in [-0.15, -0.1) is 0 Å². The smallest absolute Gasteiger partial charge is 0.145 e. The van der Waals surface area contributed by atoms with Crippen LogP contribution >= 0.6 is 0 Å². The van der Waals surface area contributed by atoms with Gasteiger partial charge in [0, 0.05) is 31.2 Å². The summed E-state index contributed by atoms with van der Waals surface area (Å²) in [7, 11) is 0. The van der Waals surface area contributed by atoms with E-state index in [1.165, 1.54) is 0 Å². The number of aromatic nitrogens is 3. The fraction of sp³-hybridized carbons (Fsp3) is 0.357. The van der Waals surface area contributed by atoms with Gasteiger partial charge in [0.2, 0.25) is 0 Å². The van der Waals surface area contributed by atoms with Crippen LogP contribution in [-0.2, 0) is 0 Å². The highest BCUT2D eigenvalue weighted by Crippen LogP contribution is 2.26. The van der Waals surface area contributed by atoms with Crippen molar-refractivity contribution in [3.63, 3.8) is 0 Å². The first-order valence-electron chi connectivity index (χ1n) is 6.68. The first-order chi connectivity index (χ1) is 9.76. The van der Waals surface area contributed by atoms with Crippen LogP contribution in [0.15, 0.2) is 30.6 Å². The lowest BCUT2D eigenvalue weighted by molar-refractivity contribution is 0.368. The maximum absolute atomic E-state index is 8.90. The minimum absolute atomic E-state index is 0.404. The van der Waals surface area contributed by atoms with Crippen molar-refractivity contribution >= 4 is 11.5 Å². The molecule has 3 heterocycles. The molecule has 2 aromatic heterocycles. The average molecular weight is 268 g/mol. The molecule has 0 amide bonds. The van der Waals surface area contributed by atoms with E-state index in [2.05, 4.69) is 21.1 Å². The minimum Gasteiger partial charge on any atom is -0.382 e. The molecule has 0 aromatic carbocycles. The molecular formula is C14H16N6. The third-order valence-electron chi connectivity index (χ3n) is 3.69. The summed E-state index contributed by atoms with van der Waals surface area (Å²) in [5.74, 6) is 0.570. The molecule has 1 aliphatic rings. The molecule has 20 heavy (non-hydrogen) atoms. The zero-order chi connectivity index (χ0) is 13.9. The molecule has 0 aliphatic carbocycles. The molecule has 0 atom stereocenters. The number of nitrogen functional groups attached to an aromatic ring is 1. The quantitative estimate of drug-likeness (QED) is 0.893. The molecule has 0 spiro atoms. The fourth-order valence-corrected chi connectivity index (χ4v) is 2.62. The van der Waals surface area contributed by atoms with Gasteiger partial charge in [0.05, 0.1) is 6.04 Å². The minimum atomic E-state index is 0.404. The summed E-state index contributed by atoms with van der Waals surface area (Å²) >= 11 is 0. The van der Waals surface area contributed by atoms with E-state index in [9.17, 15) is 0 Å². The number of rotatable bonds is 2. The Balaban J connectivity index is 1.68. The Morgan fingerprint density at radius 3 is 2.75 bits per heavy atom. The zero-order valence-electron chi connectivity index (χ0n) is 11.1. The highest BCUT2D eigenvalue weighted by molar-refractivity contribution is 5.49. The number of nitrogens with zero attached hydrogens (tertiary/aromatic N) is 5. The maximum Gasteiger partial charge on any atom is 0.145 e. The Bertz CT molecular complexity index is 633. The van der Waals surface area contributed by atoms with E-state index < -0.39 is 0 Å². The van der Waals surface area contributed by atoms with Gasteiger partial charge in [-0.3, -0.25) is 4.68 Å². The van der Waals surface area contributed by atoms with Gasteiger partial charge in [0.15, 0.2) is 0 Å². The van der Waals surface area contributed by atoms with Crippen LogP contribution in [-0.4, -0.2) is 27.9 Å². The molecule has 0 radical (unpaired) electrons. The average Bonchev–Trinajstić information content (AvgIpc) is 2.94. The molecule has 2 N–H and O–H groups in total. The van der Waals surface area contributed by atoms with E-state index in [1.54, 1.807) is 6.20 Å². The largest absolute Gasteiger partial charge is 0.382 e. The highest BCUT2D eigenvalue weighted by Gasteiger charge is 2.21. The van der Waals surface area contributed by atoms with Gasteiger partial charge in [-0.25, -0.2) is 4.98 Å². The molecule has 0 saturated carbocycles. The summed E-state index contributed by atoms with van der Waals surface area (Å²) in [5, 5.41) is 13.2. The van der Waals surface area contributed by atoms with E-state index in [-0.39, 0.29) is 0 Å². The summed E-state index contributed by atoms with van der Waals surface area (Å²) in [5.41, 5.74) is 7.18. The predicted octanol–water partition coefficient (Wildman–Crippen LogP) is 1.57. The van der Waals surface area contributed by atoms with Gasteiger partial charge in [-0.1, -0.05) is 0 Å². The van der Waals surface area contributed by atoms with Crippen molar-refractivity contribution < 1.29 is 0 Å². The van der Waals surface area contributed by atoms with Crippen LogP contribution in [0.25, 0.3) is 0 Å². The summed E-state index contributed by atoms with van der Waals surface area (Å²) in [4.78, 5) is 6.29. The summed E-state index contributed by atoms with van der Waals surface area (Å²) in [6, 6.07) is 8.10. The molecule has 2 aromatic rings. The van der Waals surface area contributed by atoms with Crippen molar-refractivity contribution in [2.75, 3.05) is 23.7 Å². The Morgan fingerprint density at radius 1 is 1.30 bits per heavy atom. The predicted molar refractivity (Wildman–Crippen MR) is 76.1 cm³/mol. The van der Waals surface area contributed by atoms with E-state index >= 15 is 0 Å².